The van der Waals surface area contributed by atoms with E-state index in [1.807, 2.05) is 98.0 Å². The molecule has 2 aliphatic rings. The lowest BCUT2D eigenvalue weighted by atomic mass is 9.99. The second-order valence-corrected chi connectivity index (χ2v) is 14.6. The van der Waals surface area contributed by atoms with E-state index in [9.17, 15) is 24.3 Å². The number of aliphatic hydroxyl groups is 1. The van der Waals surface area contributed by atoms with Crippen LogP contribution in [0.25, 0.3) is 10.9 Å². The van der Waals surface area contributed by atoms with Crippen molar-refractivity contribution < 1.29 is 33.8 Å². The first kappa shape index (κ1) is 40.5. The number of amides is 4. The summed E-state index contributed by atoms with van der Waals surface area (Å²) in [6, 6.07) is 21.7. The number of aromatic amines is 1. The first-order valence-electron chi connectivity index (χ1n) is 19.4. The Morgan fingerprint density at radius 1 is 0.786 bits per heavy atom. The molecule has 2 saturated heterocycles. The first-order chi connectivity index (χ1) is 27.2. The van der Waals surface area contributed by atoms with E-state index in [4.69, 9.17) is 15.2 Å². The number of nitrogens with zero attached hydrogens (tertiary/aromatic N) is 1. The van der Waals surface area contributed by atoms with Crippen LogP contribution in [0.4, 0.5) is 0 Å². The largest absolute Gasteiger partial charge is 0.379 e. The number of carbonyl (C=O) groups is 4. The molecule has 2 fully saturated rings. The van der Waals surface area contributed by atoms with Crippen LogP contribution in [-0.2, 0) is 47.9 Å². The van der Waals surface area contributed by atoms with Crippen LogP contribution in [0.5, 0.6) is 0 Å². The molecule has 0 saturated carbocycles. The average molecular weight is 768 g/mol. The number of aromatic nitrogens is 1. The maximum absolute atomic E-state index is 14.7. The number of para-hydroxylation sites is 1. The van der Waals surface area contributed by atoms with Crippen LogP contribution in [0, 0.1) is 0 Å². The topological polar surface area (TPSA) is 200 Å². The summed E-state index contributed by atoms with van der Waals surface area (Å²) in [5, 5.41) is 24.0. The van der Waals surface area contributed by atoms with Gasteiger partial charge in [0.2, 0.25) is 23.6 Å². The van der Waals surface area contributed by atoms with Crippen molar-refractivity contribution in [3.8, 4) is 0 Å². The van der Waals surface area contributed by atoms with Crippen LogP contribution in [0.1, 0.15) is 36.5 Å². The quantitative estimate of drug-likeness (QED) is 0.0649. The Labute approximate surface area is 326 Å². The van der Waals surface area contributed by atoms with E-state index < -0.39 is 60.1 Å². The summed E-state index contributed by atoms with van der Waals surface area (Å²) >= 11 is 0. The highest BCUT2D eigenvalue weighted by atomic mass is 16.5. The molecule has 2 unspecified atom stereocenters. The summed E-state index contributed by atoms with van der Waals surface area (Å²) in [4.78, 5) is 62.3. The molecule has 7 atom stereocenters. The number of hydrogen-bond donors (Lipinski definition) is 7. The Balaban J connectivity index is 1.27. The number of fused-ring (bicyclic) bond motifs is 2. The molecule has 298 valence electrons. The third kappa shape index (κ3) is 10.8. The predicted molar refractivity (Wildman–Crippen MR) is 211 cm³/mol. The summed E-state index contributed by atoms with van der Waals surface area (Å²) in [6.45, 7) is 3.52. The number of rotatable bonds is 16. The van der Waals surface area contributed by atoms with Crippen LogP contribution < -0.4 is 27.0 Å². The SMILES string of the molecule is CC(CC(O)N[C@@H]1C[C@@H]2C(=O)N[C@@H](Cc3ccccc3)C(=O)N[C@H](Cc3c[nH]c4ccccc34)C(=O)N[C@@H](Cc3ccccc3)C(=O)N2C1)OCCOCCN. The highest BCUT2D eigenvalue weighted by Crippen LogP contribution is 2.24. The summed E-state index contributed by atoms with van der Waals surface area (Å²) in [6.07, 6.45) is 1.39. The number of aliphatic hydroxyl groups excluding tert-OH is 1. The lowest BCUT2D eigenvalue weighted by Crippen LogP contribution is -2.62. The van der Waals surface area contributed by atoms with Crippen molar-refractivity contribution >= 4 is 34.5 Å². The lowest BCUT2D eigenvalue weighted by Gasteiger charge is -2.32. The van der Waals surface area contributed by atoms with Crippen molar-refractivity contribution in [3.05, 3.63) is 108 Å². The fourth-order valence-electron chi connectivity index (χ4n) is 7.52. The van der Waals surface area contributed by atoms with Gasteiger partial charge in [0.05, 0.1) is 25.9 Å². The monoisotopic (exact) mass is 767 g/mol. The third-order valence-corrected chi connectivity index (χ3v) is 10.3. The van der Waals surface area contributed by atoms with Gasteiger partial charge >= 0.3 is 0 Å². The second kappa shape index (κ2) is 19.6. The Bertz CT molecular complexity index is 1910. The molecule has 14 nitrogen and oxygen atoms in total. The summed E-state index contributed by atoms with van der Waals surface area (Å²) < 4.78 is 11.1. The standard InChI is InChI=1S/C42H53N7O7/c1-27(56-19-18-55-17-16-43)20-38(50)45-31-24-37-41(53)47-34(21-28-10-4-2-5-11-28)39(51)46-35(23-30-25-44-33-15-9-8-14-32(30)33)40(52)48-36(42(54)49(37)26-31)22-29-12-6-3-7-13-29/h2-15,25,27,31,34-38,44-45,50H,16-24,26,43H2,1H3,(H,46,51)(H,47,53)(H,48,52)/t27?,31-,34+,35-,36+,37-,38?/m1/s1. The van der Waals surface area contributed by atoms with Gasteiger partial charge in [-0.05, 0) is 36.1 Å². The number of hydrogen-bond acceptors (Lipinski definition) is 9. The van der Waals surface area contributed by atoms with E-state index in [0.29, 0.717) is 26.4 Å². The van der Waals surface area contributed by atoms with Gasteiger partial charge in [-0.15, -0.1) is 0 Å². The smallest absolute Gasteiger partial charge is 0.246 e. The minimum absolute atomic E-state index is 0.0889. The van der Waals surface area contributed by atoms with Crippen LogP contribution in [-0.4, -0.2) is 114 Å². The van der Waals surface area contributed by atoms with Gasteiger partial charge in [0.1, 0.15) is 30.4 Å². The fraction of sp³-hybridized carbons (Fsp3) is 0.429. The van der Waals surface area contributed by atoms with Gasteiger partial charge in [0.15, 0.2) is 0 Å². The minimum Gasteiger partial charge on any atom is -0.379 e. The summed E-state index contributed by atoms with van der Waals surface area (Å²) in [5.74, 6) is -1.98. The molecule has 0 spiro atoms. The van der Waals surface area contributed by atoms with Crippen molar-refractivity contribution in [2.45, 2.75) is 81.6 Å². The maximum Gasteiger partial charge on any atom is 0.246 e. The van der Waals surface area contributed by atoms with Gasteiger partial charge in [-0.3, -0.25) is 24.5 Å². The molecular weight excluding hydrogens is 715 g/mol. The molecule has 56 heavy (non-hydrogen) atoms. The van der Waals surface area contributed by atoms with Crippen molar-refractivity contribution in [2.75, 3.05) is 32.9 Å². The van der Waals surface area contributed by atoms with Crippen LogP contribution in [0.2, 0.25) is 0 Å². The summed E-state index contributed by atoms with van der Waals surface area (Å²) in [5.41, 5.74) is 8.78. The van der Waals surface area contributed by atoms with Gasteiger partial charge in [-0.2, -0.15) is 0 Å². The Morgan fingerprint density at radius 3 is 2.09 bits per heavy atom. The minimum atomic E-state index is -1.07. The molecular formula is C42H53N7O7. The fourth-order valence-corrected chi connectivity index (χ4v) is 7.52. The normalized spacial score (nSPS) is 23.1. The van der Waals surface area contributed by atoms with Gasteiger partial charge in [0, 0.05) is 61.9 Å². The molecule has 3 heterocycles. The molecule has 4 aromatic rings. The zero-order valence-electron chi connectivity index (χ0n) is 31.7. The summed E-state index contributed by atoms with van der Waals surface area (Å²) in [7, 11) is 0. The Kier molecular flexibility index (Phi) is 14.2. The number of nitrogens with two attached hydrogens (primary N) is 1. The number of ether oxygens (including phenoxy) is 2. The molecule has 3 aromatic carbocycles. The Morgan fingerprint density at radius 2 is 1.39 bits per heavy atom. The zero-order valence-corrected chi connectivity index (χ0v) is 31.7. The van der Waals surface area contributed by atoms with E-state index in [-0.39, 0.29) is 44.8 Å². The molecule has 14 heteroatoms. The van der Waals surface area contributed by atoms with E-state index in [1.54, 1.807) is 0 Å². The van der Waals surface area contributed by atoms with Gasteiger partial charge in [-0.25, -0.2) is 0 Å². The maximum atomic E-state index is 14.7. The van der Waals surface area contributed by atoms with Crippen molar-refractivity contribution in [1.82, 2.24) is 31.2 Å². The highest BCUT2D eigenvalue weighted by Gasteiger charge is 2.44. The number of benzene rings is 3. The average Bonchev–Trinajstić information content (AvgIpc) is 3.81. The molecule has 6 rings (SSSR count). The van der Waals surface area contributed by atoms with Crippen LogP contribution in [0.15, 0.2) is 91.1 Å². The molecule has 2 aliphatic heterocycles. The number of nitrogens with one attached hydrogen (secondary N) is 5. The van der Waals surface area contributed by atoms with Crippen molar-refractivity contribution in [3.63, 3.8) is 0 Å². The van der Waals surface area contributed by atoms with Crippen molar-refractivity contribution in [1.29, 1.82) is 0 Å². The van der Waals surface area contributed by atoms with Crippen LogP contribution >= 0.6 is 0 Å². The van der Waals surface area contributed by atoms with Gasteiger partial charge < -0.3 is 46.1 Å². The van der Waals surface area contributed by atoms with Gasteiger partial charge in [0.25, 0.3) is 0 Å². The van der Waals surface area contributed by atoms with E-state index in [2.05, 4.69) is 26.3 Å². The highest BCUT2D eigenvalue weighted by molar-refractivity contribution is 5.98. The van der Waals surface area contributed by atoms with Crippen LogP contribution in [0.3, 0.4) is 0 Å². The van der Waals surface area contributed by atoms with E-state index >= 15 is 0 Å². The first-order valence-corrected chi connectivity index (χ1v) is 19.4. The molecule has 0 radical (unpaired) electrons. The zero-order chi connectivity index (χ0) is 39.4. The van der Waals surface area contributed by atoms with Gasteiger partial charge in [-0.1, -0.05) is 78.9 Å². The molecule has 4 amide bonds. The molecule has 8 N–H and O–H groups in total. The molecule has 0 bridgehead atoms. The molecule has 0 aliphatic carbocycles. The molecule has 1 aromatic heterocycles. The third-order valence-electron chi connectivity index (χ3n) is 10.3. The van der Waals surface area contributed by atoms with Crippen molar-refractivity contribution in [2.24, 2.45) is 5.73 Å². The number of carbonyl (C=O) groups excluding carboxylic acids is 4. The van der Waals surface area contributed by atoms with E-state index in [0.717, 1.165) is 27.6 Å². The predicted octanol–water partition coefficient (Wildman–Crippen LogP) is 1.31. The lowest BCUT2D eigenvalue weighted by molar-refractivity contribution is -0.143. The number of H-pyrrole nitrogens is 1. The second-order valence-electron chi connectivity index (χ2n) is 14.6. The Hall–Kier alpha value is -5.12. The van der Waals surface area contributed by atoms with E-state index in [1.165, 1.54) is 4.90 Å².